The second-order valence-corrected chi connectivity index (χ2v) is 4.04. The number of hydrogen-bond donors (Lipinski definition) is 4. The van der Waals surface area contributed by atoms with Crippen molar-refractivity contribution < 1.29 is 19.5 Å². The molecule has 0 aliphatic carbocycles. The number of rotatable bonds is 4. The van der Waals surface area contributed by atoms with Gasteiger partial charge in [-0.1, -0.05) is 12.1 Å². The first kappa shape index (κ1) is 12.9. The molecule has 0 bridgehead atoms. The average molecular weight is 264 g/mol. The van der Waals surface area contributed by atoms with Crippen LogP contribution in [0.4, 0.5) is 0 Å². The van der Waals surface area contributed by atoms with E-state index in [1.807, 2.05) is 0 Å². The number of carbonyl (C=O) groups is 1. The maximum atomic E-state index is 11.6. The molecular formula is C12H12N2O5. The van der Waals surface area contributed by atoms with Crippen LogP contribution in [0, 0.1) is 0 Å². The minimum absolute atomic E-state index is 0.00910. The van der Waals surface area contributed by atoms with Gasteiger partial charge in [0, 0.05) is 12.0 Å². The molecule has 1 aromatic carbocycles. The summed E-state index contributed by atoms with van der Waals surface area (Å²) in [4.78, 5) is 22.3. The SMILES string of the molecule is NC(Cc1c(-c2cccc(O)c2)o[nH]c1=O)C(=O)O. The predicted molar refractivity (Wildman–Crippen MR) is 65.7 cm³/mol. The van der Waals surface area contributed by atoms with Crippen molar-refractivity contribution >= 4 is 5.97 Å². The number of hydrogen-bond acceptors (Lipinski definition) is 5. The summed E-state index contributed by atoms with van der Waals surface area (Å²) in [6, 6.07) is 4.88. The lowest BCUT2D eigenvalue weighted by atomic mass is 10.0. The predicted octanol–water partition coefficient (Wildman–Crippen LogP) is 0.295. The van der Waals surface area contributed by atoms with Gasteiger partial charge in [-0.25, -0.2) is 0 Å². The van der Waals surface area contributed by atoms with E-state index in [1.54, 1.807) is 12.1 Å². The van der Waals surface area contributed by atoms with Gasteiger partial charge in [-0.05, 0) is 12.1 Å². The van der Waals surface area contributed by atoms with Crippen LogP contribution in [0.3, 0.4) is 0 Å². The Kier molecular flexibility index (Phi) is 3.39. The molecular weight excluding hydrogens is 252 g/mol. The summed E-state index contributed by atoms with van der Waals surface area (Å²) in [5.41, 5.74) is 5.48. The molecule has 0 saturated heterocycles. The Morgan fingerprint density at radius 3 is 2.84 bits per heavy atom. The molecule has 0 aliphatic rings. The summed E-state index contributed by atoms with van der Waals surface area (Å²) in [5.74, 6) is -1.02. The van der Waals surface area contributed by atoms with Crippen LogP contribution in [0.5, 0.6) is 5.75 Å². The normalized spacial score (nSPS) is 12.3. The Morgan fingerprint density at radius 1 is 1.47 bits per heavy atom. The van der Waals surface area contributed by atoms with E-state index in [1.165, 1.54) is 12.1 Å². The van der Waals surface area contributed by atoms with Gasteiger partial charge in [0.2, 0.25) is 0 Å². The first-order valence-electron chi connectivity index (χ1n) is 5.47. The average Bonchev–Trinajstić information content (AvgIpc) is 2.71. The van der Waals surface area contributed by atoms with Gasteiger partial charge in [-0.15, -0.1) is 0 Å². The fourth-order valence-corrected chi connectivity index (χ4v) is 1.70. The lowest BCUT2D eigenvalue weighted by molar-refractivity contribution is -0.138. The molecule has 0 spiro atoms. The van der Waals surface area contributed by atoms with E-state index in [0.717, 1.165) is 0 Å². The Hall–Kier alpha value is -2.54. The van der Waals surface area contributed by atoms with Crippen LogP contribution in [0.15, 0.2) is 33.6 Å². The number of aromatic hydroxyl groups is 1. The molecule has 0 aliphatic heterocycles. The molecule has 1 atom stereocenters. The van der Waals surface area contributed by atoms with Crippen molar-refractivity contribution in [3.63, 3.8) is 0 Å². The van der Waals surface area contributed by atoms with E-state index in [0.29, 0.717) is 5.56 Å². The maximum Gasteiger partial charge on any atom is 0.320 e. The molecule has 1 unspecified atom stereocenters. The molecule has 100 valence electrons. The summed E-state index contributed by atoms with van der Waals surface area (Å²) in [6.07, 6.45) is -0.161. The third-order valence-electron chi connectivity index (χ3n) is 2.64. The van der Waals surface area contributed by atoms with Crippen LogP contribution in [-0.4, -0.2) is 27.4 Å². The number of aliphatic carboxylic acids is 1. The van der Waals surface area contributed by atoms with Crippen LogP contribution >= 0.6 is 0 Å². The van der Waals surface area contributed by atoms with Crippen molar-refractivity contribution in [1.82, 2.24) is 5.16 Å². The molecule has 0 fully saturated rings. The molecule has 2 aromatic rings. The Labute approximate surface area is 107 Å². The molecule has 1 aromatic heterocycles. The summed E-state index contributed by atoms with van der Waals surface area (Å²) >= 11 is 0. The molecule has 5 N–H and O–H groups in total. The fourth-order valence-electron chi connectivity index (χ4n) is 1.70. The molecule has 0 saturated carbocycles. The van der Waals surface area contributed by atoms with E-state index in [4.69, 9.17) is 15.4 Å². The number of benzene rings is 1. The number of H-pyrrole nitrogens is 1. The highest BCUT2D eigenvalue weighted by Crippen LogP contribution is 2.25. The van der Waals surface area contributed by atoms with Gasteiger partial charge in [-0.2, -0.15) is 5.16 Å². The third kappa shape index (κ3) is 2.66. The van der Waals surface area contributed by atoms with Gasteiger partial charge >= 0.3 is 5.97 Å². The quantitative estimate of drug-likeness (QED) is 0.628. The second kappa shape index (κ2) is 4.99. The van der Waals surface area contributed by atoms with Crippen molar-refractivity contribution in [2.45, 2.75) is 12.5 Å². The topological polar surface area (TPSA) is 130 Å². The lowest BCUT2D eigenvalue weighted by Crippen LogP contribution is -2.33. The number of aromatic amines is 1. The van der Waals surface area contributed by atoms with Crippen molar-refractivity contribution in [3.05, 3.63) is 40.2 Å². The standard InChI is InChI=1S/C12H12N2O5/c13-9(12(17)18)5-8-10(19-14-11(8)16)6-2-1-3-7(15)4-6/h1-4,9,15H,5,13H2,(H,14,16)(H,17,18). The molecule has 7 heteroatoms. The molecule has 2 rings (SSSR count). The van der Waals surface area contributed by atoms with Crippen LogP contribution in [-0.2, 0) is 11.2 Å². The summed E-state index contributed by atoms with van der Waals surface area (Å²) in [7, 11) is 0. The van der Waals surface area contributed by atoms with E-state index >= 15 is 0 Å². The number of phenolic OH excluding ortho intramolecular Hbond substituents is 1. The van der Waals surface area contributed by atoms with Crippen molar-refractivity contribution in [2.24, 2.45) is 5.73 Å². The number of phenols is 1. The first-order valence-corrected chi connectivity index (χ1v) is 5.47. The summed E-state index contributed by atoms with van der Waals surface area (Å²) in [6.45, 7) is 0. The largest absolute Gasteiger partial charge is 0.508 e. The van der Waals surface area contributed by atoms with Gasteiger partial charge in [0.25, 0.3) is 5.56 Å². The van der Waals surface area contributed by atoms with Crippen LogP contribution in [0.1, 0.15) is 5.56 Å². The highest BCUT2D eigenvalue weighted by molar-refractivity contribution is 5.74. The first-order chi connectivity index (χ1) is 8.99. The number of nitrogens with one attached hydrogen (secondary N) is 1. The van der Waals surface area contributed by atoms with Gasteiger partial charge in [-0.3, -0.25) is 9.59 Å². The fraction of sp³-hybridized carbons (Fsp3) is 0.167. The molecule has 0 radical (unpaired) electrons. The van der Waals surface area contributed by atoms with Crippen molar-refractivity contribution in [3.8, 4) is 17.1 Å². The van der Waals surface area contributed by atoms with Crippen LogP contribution in [0.25, 0.3) is 11.3 Å². The molecule has 0 amide bonds. The Balaban J connectivity index is 2.43. The van der Waals surface area contributed by atoms with Gasteiger partial charge in [0.1, 0.15) is 11.8 Å². The van der Waals surface area contributed by atoms with Gasteiger partial charge in [0.15, 0.2) is 5.76 Å². The van der Waals surface area contributed by atoms with E-state index < -0.39 is 17.6 Å². The van der Waals surface area contributed by atoms with E-state index in [2.05, 4.69) is 5.16 Å². The van der Waals surface area contributed by atoms with Crippen molar-refractivity contribution in [2.75, 3.05) is 0 Å². The van der Waals surface area contributed by atoms with Gasteiger partial charge < -0.3 is 20.5 Å². The minimum atomic E-state index is -1.21. The summed E-state index contributed by atoms with van der Waals surface area (Å²) in [5, 5.41) is 20.3. The minimum Gasteiger partial charge on any atom is -0.508 e. The maximum absolute atomic E-state index is 11.6. The number of carboxylic acids is 1. The molecule has 19 heavy (non-hydrogen) atoms. The Morgan fingerprint density at radius 2 is 2.21 bits per heavy atom. The molecule has 1 heterocycles. The zero-order valence-electron chi connectivity index (χ0n) is 9.79. The Bertz CT molecular complexity index is 658. The number of carboxylic acid groups (broad SMARTS) is 1. The van der Waals surface area contributed by atoms with Crippen LogP contribution in [0.2, 0.25) is 0 Å². The van der Waals surface area contributed by atoms with Gasteiger partial charge in [0.05, 0.1) is 5.56 Å². The smallest absolute Gasteiger partial charge is 0.320 e. The number of nitrogens with two attached hydrogens (primary N) is 1. The molecule has 7 nitrogen and oxygen atoms in total. The van der Waals surface area contributed by atoms with E-state index in [9.17, 15) is 14.7 Å². The van der Waals surface area contributed by atoms with Crippen LogP contribution < -0.4 is 11.3 Å². The van der Waals surface area contributed by atoms with Crippen molar-refractivity contribution in [1.29, 1.82) is 0 Å². The monoisotopic (exact) mass is 264 g/mol. The summed E-state index contributed by atoms with van der Waals surface area (Å²) < 4.78 is 5.02. The second-order valence-electron chi connectivity index (χ2n) is 4.04. The zero-order valence-corrected chi connectivity index (χ0v) is 9.79. The van der Waals surface area contributed by atoms with E-state index in [-0.39, 0.29) is 23.5 Å². The number of aromatic nitrogens is 1. The lowest BCUT2D eigenvalue weighted by Gasteiger charge is -2.05. The third-order valence-corrected chi connectivity index (χ3v) is 2.64. The zero-order chi connectivity index (χ0) is 14.0. The highest BCUT2D eigenvalue weighted by atomic mass is 16.5. The highest BCUT2D eigenvalue weighted by Gasteiger charge is 2.21.